The van der Waals surface area contributed by atoms with Gasteiger partial charge < -0.3 is 10.2 Å². The third-order valence-corrected chi connectivity index (χ3v) is 7.50. The lowest BCUT2D eigenvalue weighted by Crippen LogP contribution is -2.36. The number of piperidine rings is 1. The second kappa shape index (κ2) is 11.3. The maximum Gasteiger partial charge on any atom is 0.254 e. The average molecular weight is 502 g/mol. The van der Waals surface area contributed by atoms with Crippen LogP contribution in [0.25, 0.3) is 0 Å². The van der Waals surface area contributed by atoms with Gasteiger partial charge >= 0.3 is 0 Å². The van der Waals surface area contributed by atoms with Crippen molar-refractivity contribution in [2.75, 3.05) is 19.6 Å². The molecule has 0 bridgehead atoms. The lowest BCUT2D eigenvalue weighted by atomic mass is 9.95. The first-order chi connectivity index (χ1) is 17.6. The summed E-state index contributed by atoms with van der Waals surface area (Å²) in [6, 6.07) is 24.2. The van der Waals surface area contributed by atoms with Crippen LogP contribution in [-0.2, 0) is 13.1 Å². The lowest BCUT2D eigenvalue weighted by Gasteiger charge is -2.36. The van der Waals surface area contributed by atoms with Crippen LogP contribution in [0.3, 0.4) is 0 Å². The first kappa shape index (κ1) is 24.5. The van der Waals surface area contributed by atoms with Crippen molar-refractivity contribution < 1.29 is 9.59 Å². The third kappa shape index (κ3) is 5.63. The average Bonchev–Trinajstić information content (AvgIpc) is 3.22. The fraction of sp³-hybridized carbons (Fsp3) is 0.333. The Kier molecular flexibility index (Phi) is 7.69. The Balaban J connectivity index is 1.13. The van der Waals surface area contributed by atoms with Crippen molar-refractivity contribution in [2.45, 2.75) is 44.8 Å². The van der Waals surface area contributed by atoms with Gasteiger partial charge in [-0.25, -0.2) is 0 Å². The van der Waals surface area contributed by atoms with Crippen molar-refractivity contribution in [3.05, 3.63) is 106 Å². The van der Waals surface area contributed by atoms with E-state index in [4.69, 9.17) is 11.6 Å². The van der Waals surface area contributed by atoms with Gasteiger partial charge in [-0.05, 0) is 66.8 Å². The molecule has 1 atom stereocenters. The molecule has 5 nitrogen and oxygen atoms in total. The Labute approximate surface area is 218 Å². The van der Waals surface area contributed by atoms with E-state index in [0.717, 1.165) is 30.6 Å². The molecular weight excluding hydrogens is 470 g/mol. The molecule has 6 heteroatoms. The molecule has 2 amide bonds. The molecule has 0 spiro atoms. The Morgan fingerprint density at radius 3 is 2.61 bits per heavy atom. The quantitative estimate of drug-likeness (QED) is 0.394. The molecule has 2 heterocycles. The van der Waals surface area contributed by atoms with Crippen LogP contribution < -0.4 is 5.32 Å². The summed E-state index contributed by atoms with van der Waals surface area (Å²) in [5.74, 6) is -0.161. The highest BCUT2D eigenvalue weighted by Crippen LogP contribution is 2.30. The fourth-order valence-corrected chi connectivity index (χ4v) is 5.46. The van der Waals surface area contributed by atoms with Gasteiger partial charge in [-0.3, -0.25) is 14.5 Å². The van der Waals surface area contributed by atoms with E-state index in [0.29, 0.717) is 41.8 Å². The van der Waals surface area contributed by atoms with Crippen molar-refractivity contribution in [2.24, 2.45) is 0 Å². The van der Waals surface area contributed by atoms with E-state index in [2.05, 4.69) is 40.5 Å². The van der Waals surface area contributed by atoms with Crippen molar-refractivity contribution in [1.82, 2.24) is 15.1 Å². The summed E-state index contributed by atoms with van der Waals surface area (Å²) < 4.78 is 0. The maximum atomic E-state index is 13.0. The van der Waals surface area contributed by atoms with Gasteiger partial charge in [0.2, 0.25) is 0 Å². The summed E-state index contributed by atoms with van der Waals surface area (Å²) >= 11 is 5.97. The maximum absolute atomic E-state index is 13.0. The van der Waals surface area contributed by atoms with Gasteiger partial charge in [-0.15, -0.1) is 0 Å². The van der Waals surface area contributed by atoms with Crippen molar-refractivity contribution in [3.63, 3.8) is 0 Å². The summed E-state index contributed by atoms with van der Waals surface area (Å²) in [6.07, 6.45) is 4.58. The predicted octanol–water partition coefficient (Wildman–Crippen LogP) is 5.84. The van der Waals surface area contributed by atoms with Crippen LogP contribution in [0.5, 0.6) is 0 Å². The van der Waals surface area contributed by atoms with Crippen LogP contribution in [0.1, 0.15) is 69.1 Å². The molecule has 3 aromatic carbocycles. The molecule has 3 aromatic rings. The zero-order valence-corrected chi connectivity index (χ0v) is 21.2. The van der Waals surface area contributed by atoms with E-state index in [-0.39, 0.29) is 11.8 Å². The van der Waals surface area contributed by atoms with E-state index in [1.807, 2.05) is 36.4 Å². The number of fused-ring (bicyclic) bond motifs is 1. The summed E-state index contributed by atoms with van der Waals surface area (Å²) in [5.41, 5.74) is 4.53. The summed E-state index contributed by atoms with van der Waals surface area (Å²) in [7, 11) is 0. The van der Waals surface area contributed by atoms with Gasteiger partial charge in [0.25, 0.3) is 11.8 Å². The number of likely N-dealkylation sites (tertiary alicyclic amines) is 1. The molecule has 1 N–H and O–H groups in total. The Bertz CT molecular complexity index is 1210. The minimum Gasteiger partial charge on any atom is -0.352 e. The second-order valence-electron chi connectivity index (χ2n) is 9.73. The van der Waals surface area contributed by atoms with E-state index in [1.54, 1.807) is 11.0 Å². The Hall–Kier alpha value is -3.15. The molecule has 0 aromatic heterocycles. The first-order valence-electron chi connectivity index (χ1n) is 12.8. The molecular formula is C30H32ClN3O2. The van der Waals surface area contributed by atoms with Crippen molar-refractivity contribution in [3.8, 4) is 0 Å². The van der Waals surface area contributed by atoms with Gasteiger partial charge in [0.05, 0.1) is 0 Å². The number of halogens is 1. The minimum absolute atomic E-state index is 0.0355. The summed E-state index contributed by atoms with van der Waals surface area (Å²) in [6.45, 7) is 3.75. The smallest absolute Gasteiger partial charge is 0.254 e. The number of hydrogen-bond donors (Lipinski definition) is 1. The number of rotatable bonds is 8. The minimum atomic E-state index is -0.125. The van der Waals surface area contributed by atoms with Crippen molar-refractivity contribution >= 4 is 23.4 Å². The van der Waals surface area contributed by atoms with Gasteiger partial charge in [0.1, 0.15) is 0 Å². The van der Waals surface area contributed by atoms with E-state index in [9.17, 15) is 9.59 Å². The molecule has 2 aliphatic heterocycles. The molecule has 0 saturated carbocycles. The third-order valence-electron chi connectivity index (χ3n) is 7.24. The zero-order chi connectivity index (χ0) is 24.9. The van der Waals surface area contributed by atoms with Crippen LogP contribution in [-0.4, -0.2) is 41.2 Å². The highest BCUT2D eigenvalue weighted by Gasteiger charge is 2.28. The Morgan fingerprint density at radius 2 is 1.81 bits per heavy atom. The molecule has 0 aliphatic carbocycles. The second-order valence-corrected chi connectivity index (χ2v) is 10.2. The largest absolute Gasteiger partial charge is 0.352 e. The molecule has 5 rings (SSSR count). The topological polar surface area (TPSA) is 52.7 Å². The predicted molar refractivity (Wildman–Crippen MR) is 143 cm³/mol. The van der Waals surface area contributed by atoms with Crippen molar-refractivity contribution in [1.29, 1.82) is 0 Å². The van der Waals surface area contributed by atoms with Gasteiger partial charge in [-0.2, -0.15) is 0 Å². The molecule has 1 saturated heterocycles. The van der Waals surface area contributed by atoms with Gasteiger partial charge in [0, 0.05) is 48.4 Å². The normalized spacial score (nSPS) is 17.8. The van der Waals surface area contributed by atoms with Gasteiger partial charge in [-0.1, -0.05) is 66.6 Å². The highest BCUT2D eigenvalue weighted by molar-refractivity contribution is 6.30. The molecule has 2 aliphatic rings. The zero-order valence-electron chi connectivity index (χ0n) is 20.5. The standard InChI is InChI=1S/C30H32ClN3O2/c31-26-14-10-22(11-15-26)20-34-21-25-13-12-24(19-27(25)30(34)36)29(35)32-16-6-18-33-17-5-4-9-28(33)23-7-2-1-3-8-23/h1-3,7-8,10-15,19,28H,4-6,9,16-18,20-21H2,(H,32,35). The van der Waals surface area contributed by atoms with Crippen LogP contribution in [0, 0.1) is 0 Å². The number of nitrogens with one attached hydrogen (secondary N) is 1. The fourth-order valence-electron chi connectivity index (χ4n) is 5.34. The highest BCUT2D eigenvalue weighted by atomic mass is 35.5. The van der Waals surface area contributed by atoms with E-state index >= 15 is 0 Å². The van der Waals surface area contributed by atoms with E-state index in [1.165, 1.54) is 24.8 Å². The number of carbonyl (C=O) groups excluding carboxylic acids is 2. The molecule has 1 unspecified atom stereocenters. The van der Waals surface area contributed by atoms with Crippen LogP contribution in [0.4, 0.5) is 0 Å². The monoisotopic (exact) mass is 501 g/mol. The summed E-state index contributed by atoms with van der Waals surface area (Å²) in [4.78, 5) is 30.2. The molecule has 186 valence electrons. The van der Waals surface area contributed by atoms with Crippen LogP contribution in [0.15, 0.2) is 72.8 Å². The number of carbonyl (C=O) groups is 2. The summed E-state index contributed by atoms with van der Waals surface area (Å²) in [5, 5.41) is 3.73. The van der Waals surface area contributed by atoms with E-state index < -0.39 is 0 Å². The number of amides is 2. The number of benzene rings is 3. The van der Waals surface area contributed by atoms with Crippen LogP contribution in [0.2, 0.25) is 5.02 Å². The number of hydrogen-bond acceptors (Lipinski definition) is 3. The van der Waals surface area contributed by atoms with Crippen LogP contribution >= 0.6 is 11.6 Å². The Morgan fingerprint density at radius 1 is 1.00 bits per heavy atom. The SMILES string of the molecule is O=C(NCCCN1CCCCC1c1ccccc1)c1ccc2c(c1)C(=O)N(Cc1ccc(Cl)cc1)C2. The number of nitrogens with zero attached hydrogens (tertiary/aromatic N) is 2. The molecule has 36 heavy (non-hydrogen) atoms. The first-order valence-corrected chi connectivity index (χ1v) is 13.2. The molecule has 1 fully saturated rings. The molecule has 0 radical (unpaired) electrons. The lowest BCUT2D eigenvalue weighted by molar-refractivity contribution is 0.0766. The van der Waals surface area contributed by atoms with Gasteiger partial charge in [0.15, 0.2) is 0 Å².